The van der Waals surface area contributed by atoms with Crippen LogP contribution in [0.4, 0.5) is 0 Å². The van der Waals surface area contributed by atoms with Crippen LogP contribution in [0.3, 0.4) is 0 Å². The summed E-state index contributed by atoms with van der Waals surface area (Å²) < 4.78 is 0. The van der Waals surface area contributed by atoms with Gasteiger partial charge in [0.1, 0.15) is 10.7 Å². The number of hydrogen-bond donors (Lipinski definition) is 2. The number of carbonyl (C=O) groups is 1. The number of aliphatic hydroxyl groups excluding tert-OH is 1. The molecule has 2 aromatic rings. The third kappa shape index (κ3) is 3.90. The number of carbonyl (C=O) groups excluding carboxylic acids is 1. The number of amides is 1. The van der Waals surface area contributed by atoms with Gasteiger partial charge in [-0.05, 0) is 18.4 Å². The minimum atomic E-state index is -0.110. The quantitative estimate of drug-likeness (QED) is 0.831. The van der Waals surface area contributed by atoms with Crippen molar-refractivity contribution in [3.63, 3.8) is 0 Å². The van der Waals surface area contributed by atoms with Crippen LogP contribution >= 0.6 is 11.3 Å². The highest BCUT2D eigenvalue weighted by atomic mass is 32.1. The summed E-state index contributed by atoms with van der Waals surface area (Å²) >= 11 is 1.35. The van der Waals surface area contributed by atoms with Crippen molar-refractivity contribution in [2.45, 2.75) is 19.9 Å². The molecule has 0 aliphatic carbocycles. The van der Waals surface area contributed by atoms with Gasteiger partial charge in [-0.3, -0.25) is 9.89 Å². The maximum Gasteiger partial charge on any atom is 0.265 e. The number of aromatic nitrogens is 3. The summed E-state index contributed by atoms with van der Waals surface area (Å²) in [5.41, 5.74) is 0.691. The van der Waals surface area contributed by atoms with Gasteiger partial charge in [0.15, 0.2) is 5.82 Å². The average Bonchev–Trinajstić information content (AvgIpc) is 3.07. The van der Waals surface area contributed by atoms with Gasteiger partial charge < -0.3 is 10.0 Å². The van der Waals surface area contributed by atoms with Gasteiger partial charge in [0.2, 0.25) is 0 Å². The average molecular weight is 304 g/mol. The zero-order valence-electron chi connectivity index (χ0n) is 11.9. The van der Waals surface area contributed by atoms with Crippen molar-refractivity contribution < 1.29 is 9.90 Å². The Morgan fingerprint density at radius 1 is 1.57 bits per heavy atom. The second-order valence-corrected chi connectivity index (χ2v) is 5.35. The van der Waals surface area contributed by atoms with E-state index in [1.165, 1.54) is 11.3 Å². The van der Waals surface area contributed by atoms with Crippen molar-refractivity contribution in [1.82, 2.24) is 20.1 Å². The Morgan fingerprint density at radius 3 is 3.05 bits per heavy atom. The van der Waals surface area contributed by atoms with Crippen LogP contribution in [-0.4, -0.2) is 44.7 Å². The smallest absolute Gasteiger partial charge is 0.265 e. The fraction of sp³-hybridized carbons (Fsp3) is 0.357. The Kier molecular flexibility index (Phi) is 5.09. The number of nitrogens with one attached hydrogen (secondary N) is 1. The van der Waals surface area contributed by atoms with Crippen molar-refractivity contribution in [2.24, 2.45) is 0 Å². The third-order valence-corrected chi connectivity index (χ3v) is 3.59. The number of aliphatic hydroxyl groups is 1. The molecule has 0 bridgehead atoms. The van der Waals surface area contributed by atoms with Gasteiger partial charge in [-0.2, -0.15) is 5.10 Å². The fourth-order valence-electron chi connectivity index (χ4n) is 1.70. The molecule has 7 heteroatoms. The Hall–Kier alpha value is -2.17. The maximum absolute atomic E-state index is 12.4. The monoisotopic (exact) mass is 304 g/mol. The van der Waals surface area contributed by atoms with Gasteiger partial charge in [-0.25, -0.2) is 4.98 Å². The number of aromatic amines is 1. The van der Waals surface area contributed by atoms with E-state index in [0.29, 0.717) is 29.2 Å². The lowest BCUT2D eigenvalue weighted by Gasteiger charge is -2.14. The van der Waals surface area contributed by atoms with Crippen molar-refractivity contribution in [3.05, 3.63) is 33.5 Å². The maximum atomic E-state index is 12.4. The first-order valence-corrected chi connectivity index (χ1v) is 7.30. The van der Waals surface area contributed by atoms with Crippen LogP contribution in [0.2, 0.25) is 0 Å². The van der Waals surface area contributed by atoms with Crippen LogP contribution in [-0.2, 0) is 6.54 Å². The number of aryl methyl sites for hydroxylation is 1. The van der Waals surface area contributed by atoms with E-state index < -0.39 is 0 Å². The summed E-state index contributed by atoms with van der Waals surface area (Å²) in [6, 6.07) is 1.81. The van der Waals surface area contributed by atoms with Crippen LogP contribution in [0.25, 0.3) is 0 Å². The Bertz CT molecular complexity index is 680. The SMILES string of the molecule is Cc1nc(CN(C)C(=O)c2sccc2C#CCCO)n[nH]1. The molecule has 2 heterocycles. The van der Waals surface area contributed by atoms with Gasteiger partial charge in [0.25, 0.3) is 5.91 Å². The lowest BCUT2D eigenvalue weighted by Crippen LogP contribution is -2.26. The lowest BCUT2D eigenvalue weighted by atomic mass is 10.2. The number of nitrogens with zero attached hydrogens (tertiary/aromatic N) is 3. The van der Waals surface area contributed by atoms with Crippen molar-refractivity contribution in [3.8, 4) is 11.8 Å². The molecule has 2 N–H and O–H groups in total. The van der Waals surface area contributed by atoms with Gasteiger partial charge >= 0.3 is 0 Å². The lowest BCUT2D eigenvalue weighted by molar-refractivity contribution is 0.0786. The highest BCUT2D eigenvalue weighted by Gasteiger charge is 2.18. The third-order valence-electron chi connectivity index (χ3n) is 2.69. The summed E-state index contributed by atoms with van der Waals surface area (Å²) in [5, 5.41) is 17.3. The molecule has 0 atom stereocenters. The molecule has 2 aromatic heterocycles. The second-order valence-electron chi connectivity index (χ2n) is 4.44. The minimum absolute atomic E-state index is 0.0184. The van der Waals surface area contributed by atoms with Crippen LogP contribution in [0.15, 0.2) is 11.4 Å². The zero-order chi connectivity index (χ0) is 15.2. The molecule has 0 saturated carbocycles. The normalized spacial score (nSPS) is 10.0. The molecule has 0 unspecified atom stereocenters. The van der Waals surface area contributed by atoms with Crippen molar-refractivity contribution in [2.75, 3.05) is 13.7 Å². The fourth-order valence-corrected chi connectivity index (χ4v) is 2.55. The Morgan fingerprint density at radius 2 is 2.38 bits per heavy atom. The number of rotatable bonds is 4. The van der Waals surface area contributed by atoms with Gasteiger partial charge in [0.05, 0.1) is 13.2 Å². The number of hydrogen-bond acceptors (Lipinski definition) is 5. The van der Waals surface area contributed by atoms with E-state index >= 15 is 0 Å². The summed E-state index contributed by atoms with van der Waals surface area (Å²) in [6.45, 7) is 2.17. The molecule has 0 radical (unpaired) electrons. The molecule has 110 valence electrons. The van der Waals surface area contributed by atoms with Crippen molar-refractivity contribution in [1.29, 1.82) is 0 Å². The van der Waals surface area contributed by atoms with Gasteiger partial charge in [0, 0.05) is 19.0 Å². The minimum Gasteiger partial charge on any atom is -0.395 e. The summed E-state index contributed by atoms with van der Waals surface area (Å²) in [4.78, 5) is 18.8. The largest absolute Gasteiger partial charge is 0.395 e. The van der Waals surface area contributed by atoms with E-state index in [2.05, 4.69) is 27.0 Å². The molecule has 0 saturated heterocycles. The van der Waals surface area contributed by atoms with E-state index in [4.69, 9.17) is 5.11 Å². The summed E-state index contributed by atoms with van der Waals surface area (Å²) in [6.07, 6.45) is 0.399. The number of thiophene rings is 1. The van der Waals surface area contributed by atoms with E-state index in [9.17, 15) is 4.79 Å². The second kappa shape index (κ2) is 7.02. The Labute approximate surface area is 126 Å². The van der Waals surface area contributed by atoms with Crippen LogP contribution < -0.4 is 0 Å². The van der Waals surface area contributed by atoms with Crippen LogP contribution in [0.1, 0.15) is 33.3 Å². The van der Waals surface area contributed by atoms with E-state index in [1.54, 1.807) is 11.9 Å². The van der Waals surface area contributed by atoms with Gasteiger partial charge in [-0.1, -0.05) is 11.8 Å². The van der Waals surface area contributed by atoms with Gasteiger partial charge in [-0.15, -0.1) is 11.3 Å². The first-order chi connectivity index (χ1) is 10.1. The summed E-state index contributed by atoms with van der Waals surface area (Å²) in [5.74, 6) is 6.93. The molecule has 0 spiro atoms. The molecular weight excluding hydrogens is 288 g/mol. The molecule has 6 nitrogen and oxygen atoms in total. The highest BCUT2D eigenvalue weighted by Crippen LogP contribution is 2.18. The molecule has 0 aliphatic heterocycles. The molecule has 21 heavy (non-hydrogen) atoms. The van der Waals surface area contributed by atoms with E-state index in [0.717, 1.165) is 5.82 Å². The molecular formula is C14H16N4O2S. The molecule has 0 aliphatic rings. The first-order valence-electron chi connectivity index (χ1n) is 6.42. The standard InChI is InChI=1S/C14H16N4O2S/c1-10-15-12(17-16-10)9-18(2)14(20)13-11(6-8-21-13)5-3-4-7-19/h6,8,19H,4,7,9H2,1-2H3,(H,15,16,17). The predicted octanol–water partition coefficient (Wildman–Crippen LogP) is 1.18. The Balaban J connectivity index is 2.09. The molecule has 0 fully saturated rings. The number of H-pyrrole nitrogens is 1. The van der Waals surface area contributed by atoms with E-state index in [1.807, 2.05) is 18.4 Å². The predicted molar refractivity (Wildman–Crippen MR) is 79.8 cm³/mol. The summed E-state index contributed by atoms with van der Waals surface area (Å²) in [7, 11) is 1.71. The molecule has 1 amide bonds. The van der Waals surface area contributed by atoms with Crippen LogP contribution in [0, 0.1) is 18.8 Å². The topological polar surface area (TPSA) is 82.1 Å². The van der Waals surface area contributed by atoms with Crippen LogP contribution in [0.5, 0.6) is 0 Å². The van der Waals surface area contributed by atoms with Crippen molar-refractivity contribution >= 4 is 17.2 Å². The van der Waals surface area contributed by atoms with E-state index in [-0.39, 0.29) is 12.5 Å². The zero-order valence-corrected chi connectivity index (χ0v) is 12.7. The molecule has 0 aromatic carbocycles. The highest BCUT2D eigenvalue weighted by molar-refractivity contribution is 7.12. The first kappa shape index (κ1) is 15.2. The molecule has 2 rings (SSSR count).